The lowest BCUT2D eigenvalue weighted by molar-refractivity contribution is -0.117. The summed E-state index contributed by atoms with van der Waals surface area (Å²) >= 11 is 1.50. The highest BCUT2D eigenvalue weighted by Crippen LogP contribution is 2.11. The van der Waals surface area contributed by atoms with Crippen LogP contribution >= 0.6 is 11.3 Å². The number of aliphatic hydroxyl groups is 1. The van der Waals surface area contributed by atoms with Crippen molar-refractivity contribution in [1.82, 2.24) is 10.6 Å². The Balaban J connectivity index is 2.17. The van der Waals surface area contributed by atoms with Crippen LogP contribution in [0.1, 0.15) is 15.9 Å². The second-order valence-corrected chi connectivity index (χ2v) is 5.19. The number of aliphatic hydroxyl groups excluding tert-OH is 1. The average molecular weight is 316 g/mol. The van der Waals surface area contributed by atoms with Crippen molar-refractivity contribution in [1.29, 1.82) is 0 Å². The van der Waals surface area contributed by atoms with E-state index in [2.05, 4.69) is 10.6 Å². The Morgan fingerprint density at radius 2 is 1.95 bits per heavy atom. The average Bonchev–Trinajstić information content (AvgIpc) is 3.05. The van der Waals surface area contributed by atoms with Gasteiger partial charge in [-0.15, -0.1) is 0 Å². The zero-order valence-electron chi connectivity index (χ0n) is 11.8. The summed E-state index contributed by atoms with van der Waals surface area (Å²) in [7, 11) is 0. The molecule has 0 unspecified atom stereocenters. The number of amides is 2. The summed E-state index contributed by atoms with van der Waals surface area (Å²) < 4.78 is 0. The molecule has 0 saturated heterocycles. The molecular weight excluding hydrogens is 300 g/mol. The van der Waals surface area contributed by atoms with E-state index in [1.807, 2.05) is 22.9 Å². The van der Waals surface area contributed by atoms with E-state index in [1.54, 1.807) is 30.3 Å². The fourth-order valence-corrected chi connectivity index (χ4v) is 2.35. The molecule has 3 N–H and O–H groups in total. The maximum Gasteiger partial charge on any atom is 0.267 e. The van der Waals surface area contributed by atoms with Gasteiger partial charge in [0, 0.05) is 12.1 Å². The monoisotopic (exact) mass is 316 g/mol. The minimum absolute atomic E-state index is 0.126. The molecule has 0 atom stereocenters. The van der Waals surface area contributed by atoms with Gasteiger partial charge >= 0.3 is 0 Å². The van der Waals surface area contributed by atoms with Crippen molar-refractivity contribution >= 4 is 29.2 Å². The van der Waals surface area contributed by atoms with Crippen molar-refractivity contribution in [2.75, 3.05) is 13.2 Å². The highest BCUT2D eigenvalue weighted by atomic mass is 32.1. The Labute approximate surface area is 132 Å². The maximum atomic E-state index is 12.2. The number of nitrogens with one attached hydrogen (secondary N) is 2. The quantitative estimate of drug-likeness (QED) is 0.709. The van der Waals surface area contributed by atoms with Gasteiger partial charge < -0.3 is 15.7 Å². The molecule has 22 heavy (non-hydrogen) atoms. The van der Waals surface area contributed by atoms with Crippen LogP contribution in [0.25, 0.3) is 6.08 Å². The smallest absolute Gasteiger partial charge is 0.267 e. The molecule has 0 fully saturated rings. The third kappa shape index (κ3) is 4.54. The first-order valence-corrected chi connectivity index (χ1v) is 7.64. The number of carbonyl (C=O) groups is 2. The lowest BCUT2D eigenvalue weighted by Crippen LogP contribution is -2.36. The molecule has 0 aliphatic carbocycles. The van der Waals surface area contributed by atoms with Gasteiger partial charge in [0.1, 0.15) is 5.70 Å². The van der Waals surface area contributed by atoms with Crippen LogP contribution in [-0.2, 0) is 4.79 Å². The predicted octanol–water partition coefficient (Wildman–Crippen LogP) is 1.63. The number of rotatable bonds is 6. The van der Waals surface area contributed by atoms with Gasteiger partial charge in [-0.1, -0.05) is 18.2 Å². The van der Waals surface area contributed by atoms with Crippen LogP contribution in [0.2, 0.25) is 0 Å². The Bertz CT molecular complexity index is 651. The van der Waals surface area contributed by atoms with Crippen molar-refractivity contribution in [3.05, 3.63) is 64.0 Å². The summed E-state index contributed by atoms with van der Waals surface area (Å²) in [5, 5.41) is 17.7. The Hall–Kier alpha value is -2.44. The molecule has 0 bridgehead atoms. The molecule has 0 aliphatic heterocycles. The van der Waals surface area contributed by atoms with E-state index in [9.17, 15) is 9.59 Å². The lowest BCUT2D eigenvalue weighted by atomic mass is 10.2. The van der Waals surface area contributed by atoms with Gasteiger partial charge in [-0.3, -0.25) is 9.59 Å². The summed E-state index contributed by atoms with van der Waals surface area (Å²) in [6.45, 7) is -0.0366. The summed E-state index contributed by atoms with van der Waals surface area (Å²) in [6, 6.07) is 10.5. The van der Waals surface area contributed by atoms with E-state index >= 15 is 0 Å². The topological polar surface area (TPSA) is 78.4 Å². The van der Waals surface area contributed by atoms with E-state index in [4.69, 9.17) is 5.11 Å². The second kappa shape index (κ2) is 8.11. The summed E-state index contributed by atoms with van der Waals surface area (Å²) in [6.07, 6.45) is 1.60. The van der Waals surface area contributed by atoms with Gasteiger partial charge in [-0.2, -0.15) is 11.3 Å². The molecule has 114 valence electrons. The Morgan fingerprint density at radius 1 is 1.18 bits per heavy atom. The summed E-state index contributed by atoms with van der Waals surface area (Å²) in [4.78, 5) is 24.3. The van der Waals surface area contributed by atoms with Crippen molar-refractivity contribution in [3.63, 3.8) is 0 Å². The van der Waals surface area contributed by atoms with Crippen LogP contribution in [0, 0.1) is 0 Å². The number of carbonyl (C=O) groups excluding carboxylic acids is 2. The third-order valence-corrected chi connectivity index (χ3v) is 3.48. The van der Waals surface area contributed by atoms with Crippen molar-refractivity contribution < 1.29 is 14.7 Å². The molecule has 2 rings (SSSR count). The molecule has 2 aromatic rings. The summed E-state index contributed by atoms with van der Waals surface area (Å²) in [5.41, 5.74) is 1.43. The minimum Gasteiger partial charge on any atom is -0.395 e. The molecular formula is C16H16N2O3S. The Kier molecular flexibility index (Phi) is 5.88. The van der Waals surface area contributed by atoms with Gasteiger partial charge in [-0.25, -0.2) is 0 Å². The summed E-state index contributed by atoms with van der Waals surface area (Å²) in [5.74, 6) is -0.800. The molecule has 5 nitrogen and oxygen atoms in total. The molecule has 2 amide bonds. The molecule has 1 aromatic heterocycles. The van der Waals surface area contributed by atoms with E-state index < -0.39 is 5.91 Å². The molecule has 1 heterocycles. The normalized spacial score (nSPS) is 11.0. The number of thiophene rings is 1. The van der Waals surface area contributed by atoms with E-state index in [0.717, 1.165) is 5.56 Å². The van der Waals surface area contributed by atoms with Crippen molar-refractivity contribution in [3.8, 4) is 0 Å². The Morgan fingerprint density at radius 3 is 2.59 bits per heavy atom. The first kappa shape index (κ1) is 15.9. The van der Waals surface area contributed by atoms with Crippen molar-refractivity contribution in [2.45, 2.75) is 0 Å². The number of hydrogen-bond acceptors (Lipinski definition) is 4. The predicted molar refractivity (Wildman–Crippen MR) is 86.3 cm³/mol. The van der Waals surface area contributed by atoms with E-state index in [1.165, 1.54) is 11.3 Å². The second-order valence-electron chi connectivity index (χ2n) is 4.41. The fraction of sp³-hybridized carbons (Fsp3) is 0.125. The van der Waals surface area contributed by atoms with Crippen LogP contribution < -0.4 is 10.6 Å². The van der Waals surface area contributed by atoms with Crippen LogP contribution in [0.5, 0.6) is 0 Å². The molecule has 0 aliphatic rings. The van der Waals surface area contributed by atoms with Crippen LogP contribution in [0.3, 0.4) is 0 Å². The third-order valence-electron chi connectivity index (χ3n) is 2.78. The van der Waals surface area contributed by atoms with E-state index in [-0.39, 0.29) is 24.8 Å². The molecule has 0 radical (unpaired) electrons. The standard InChI is InChI=1S/C16H16N2O3S/c19-8-7-17-16(21)14(10-12-6-9-22-11-12)18-15(20)13-4-2-1-3-5-13/h1-6,9-11,19H,7-8H2,(H,17,21)(H,18,20)/b14-10-. The first-order valence-electron chi connectivity index (χ1n) is 6.70. The zero-order valence-corrected chi connectivity index (χ0v) is 12.6. The van der Waals surface area contributed by atoms with Gasteiger partial charge in [0.15, 0.2) is 0 Å². The largest absolute Gasteiger partial charge is 0.395 e. The zero-order chi connectivity index (χ0) is 15.8. The van der Waals surface area contributed by atoms with Crippen molar-refractivity contribution in [2.24, 2.45) is 0 Å². The SMILES string of the molecule is O=C(NCCO)/C(=C/c1ccsc1)NC(=O)c1ccccc1. The maximum absolute atomic E-state index is 12.2. The molecule has 1 aromatic carbocycles. The lowest BCUT2D eigenvalue weighted by Gasteiger charge is -2.10. The molecule has 6 heteroatoms. The van der Waals surface area contributed by atoms with Crippen LogP contribution in [0.4, 0.5) is 0 Å². The van der Waals surface area contributed by atoms with E-state index in [0.29, 0.717) is 5.56 Å². The van der Waals surface area contributed by atoms with Gasteiger partial charge in [0.25, 0.3) is 11.8 Å². The van der Waals surface area contributed by atoms with Crippen LogP contribution in [0.15, 0.2) is 52.9 Å². The van der Waals surface area contributed by atoms with Crippen LogP contribution in [-0.4, -0.2) is 30.1 Å². The molecule has 0 spiro atoms. The molecule has 0 saturated carbocycles. The number of benzene rings is 1. The van der Waals surface area contributed by atoms with Gasteiger partial charge in [-0.05, 0) is 40.6 Å². The first-order chi connectivity index (χ1) is 10.7. The highest BCUT2D eigenvalue weighted by Gasteiger charge is 2.14. The number of hydrogen-bond donors (Lipinski definition) is 3. The highest BCUT2D eigenvalue weighted by molar-refractivity contribution is 7.08. The van der Waals surface area contributed by atoms with Gasteiger partial charge in [0.05, 0.1) is 6.61 Å². The van der Waals surface area contributed by atoms with Gasteiger partial charge in [0.2, 0.25) is 0 Å². The fourth-order valence-electron chi connectivity index (χ4n) is 1.73. The minimum atomic E-state index is -0.440.